The number of benzene rings is 2. The molecule has 0 saturated heterocycles. The standard InChI is InChI=1S/C18H16.Zr/c1-14-8-7-13-16(14)18-12-6-5-11-17(18)15-9-3-2-4-10-15;/h2-12H,13H2,1H3;. The van der Waals surface area contributed by atoms with Crippen molar-refractivity contribution < 1.29 is 26.2 Å². The number of rotatable bonds is 2. The maximum absolute atomic E-state index is 2.24. The third-order valence-corrected chi connectivity index (χ3v) is 3.50. The summed E-state index contributed by atoms with van der Waals surface area (Å²) >= 11 is 0. The van der Waals surface area contributed by atoms with Gasteiger partial charge in [-0.2, -0.15) is 0 Å². The van der Waals surface area contributed by atoms with Gasteiger partial charge in [-0.05, 0) is 41.2 Å². The van der Waals surface area contributed by atoms with Crippen molar-refractivity contribution in [1.29, 1.82) is 0 Å². The minimum Gasteiger partial charge on any atom is -0.0798 e. The van der Waals surface area contributed by atoms with Gasteiger partial charge in [-0.15, -0.1) is 0 Å². The van der Waals surface area contributed by atoms with Gasteiger partial charge in [0.25, 0.3) is 0 Å². The van der Waals surface area contributed by atoms with E-state index in [1.165, 1.54) is 27.8 Å². The second kappa shape index (κ2) is 6.30. The molecule has 1 heteroatoms. The summed E-state index contributed by atoms with van der Waals surface area (Å²) in [5.74, 6) is 0. The molecule has 2 aromatic carbocycles. The molecule has 0 nitrogen and oxygen atoms in total. The second-order valence-electron chi connectivity index (χ2n) is 4.68. The van der Waals surface area contributed by atoms with Crippen molar-refractivity contribution in [2.45, 2.75) is 13.3 Å². The molecule has 0 radical (unpaired) electrons. The Morgan fingerprint density at radius 1 is 0.789 bits per heavy atom. The minimum absolute atomic E-state index is 0. The molecular weight excluding hydrogens is 307 g/mol. The summed E-state index contributed by atoms with van der Waals surface area (Å²) in [5.41, 5.74) is 6.83. The van der Waals surface area contributed by atoms with Gasteiger partial charge in [0.1, 0.15) is 0 Å². The molecule has 0 N–H and O–H groups in total. The van der Waals surface area contributed by atoms with E-state index < -0.39 is 0 Å². The van der Waals surface area contributed by atoms with Crippen LogP contribution in [0.1, 0.15) is 18.9 Å². The maximum atomic E-state index is 2.24. The zero-order valence-corrected chi connectivity index (χ0v) is 13.5. The van der Waals surface area contributed by atoms with Crippen LogP contribution < -0.4 is 0 Å². The van der Waals surface area contributed by atoms with E-state index in [-0.39, 0.29) is 26.2 Å². The van der Waals surface area contributed by atoms with Crippen LogP contribution in [0.15, 0.2) is 72.3 Å². The molecule has 19 heavy (non-hydrogen) atoms. The van der Waals surface area contributed by atoms with Gasteiger partial charge in [0.15, 0.2) is 0 Å². The summed E-state index contributed by atoms with van der Waals surface area (Å²) in [6, 6.07) is 19.3. The van der Waals surface area contributed by atoms with Crippen LogP contribution in [-0.2, 0) is 26.2 Å². The molecule has 3 rings (SSSR count). The molecular formula is C18H16Zr. The van der Waals surface area contributed by atoms with Gasteiger partial charge in [-0.1, -0.05) is 66.7 Å². The molecule has 0 aliphatic heterocycles. The topological polar surface area (TPSA) is 0 Å². The van der Waals surface area contributed by atoms with Crippen LogP contribution in [0.2, 0.25) is 0 Å². The molecule has 1 aliphatic rings. The summed E-state index contributed by atoms with van der Waals surface area (Å²) < 4.78 is 0. The Balaban J connectivity index is 0.00000133. The third-order valence-electron chi connectivity index (χ3n) is 3.50. The van der Waals surface area contributed by atoms with Crippen LogP contribution in [0, 0.1) is 0 Å². The van der Waals surface area contributed by atoms with E-state index in [1.807, 2.05) is 0 Å². The van der Waals surface area contributed by atoms with Crippen LogP contribution in [0.5, 0.6) is 0 Å². The largest absolute Gasteiger partial charge is 0.0798 e. The van der Waals surface area contributed by atoms with Gasteiger partial charge in [0.05, 0.1) is 0 Å². The summed E-state index contributed by atoms with van der Waals surface area (Å²) in [6.07, 6.45) is 5.51. The van der Waals surface area contributed by atoms with Crippen molar-refractivity contribution in [2.75, 3.05) is 0 Å². The molecule has 0 aromatic heterocycles. The molecule has 92 valence electrons. The van der Waals surface area contributed by atoms with Crippen molar-refractivity contribution in [1.82, 2.24) is 0 Å². The smallest absolute Gasteiger partial charge is 0 e. The molecule has 0 atom stereocenters. The molecule has 0 unspecified atom stereocenters. The van der Waals surface area contributed by atoms with Gasteiger partial charge < -0.3 is 0 Å². The first-order chi connectivity index (χ1) is 8.86. The normalized spacial score (nSPS) is 13.5. The first-order valence-electron chi connectivity index (χ1n) is 6.37. The average molecular weight is 324 g/mol. The van der Waals surface area contributed by atoms with E-state index in [9.17, 15) is 0 Å². The van der Waals surface area contributed by atoms with Crippen LogP contribution >= 0.6 is 0 Å². The Morgan fingerprint density at radius 3 is 2.05 bits per heavy atom. The monoisotopic (exact) mass is 322 g/mol. The van der Waals surface area contributed by atoms with Gasteiger partial charge in [-0.3, -0.25) is 0 Å². The fourth-order valence-corrected chi connectivity index (χ4v) is 2.55. The fourth-order valence-electron chi connectivity index (χ4n) is 2.55. The SMILES string of the molecule is CC1=C(c2ccccc2-c2ccccc2)CC=C1.[Zr]. The quantitative estimate of drug-likeness (QED) is 0.722. The number of hydrogen-bond donors (Lipinski definition) is 0. The zero-order chi connectivity index (χ0) is 12.4. The van der Waals surface area contributed by atoms with Crippen molar-refractivity contribution in [2.24, 2.45) is 0 Å². The number of hydrogen-bond acceptors (Lipinski definition) is 0. The second-order valence-corrected chi connectivity index (χ2v) is 4.68. The molecule has 2 aromatic rings. The molecule has 0 fully saturated rings. The van der Waals surface area contributed by atoms with E-state index in [4.69, 9.17) is 0 Å². The minimum atomic E-state index is 0. The van der Waals surface area contributed by atoms with E-state index in [0.29, 0.717) is 0 Å². The predicted octanol–water partition coefficient (Wildman–Crippen LogP) is 5.08. The van der Waals surface area contributed by atoms with E-state index in [2.05, 4.69) is 73.7 Å². The molecule has 0 bridgehead atoms. The van der Waals surface area contributed by atoms with E-state index >= 15 is 0 Å². The van der Waals surface area contributed by atoms with Crippen LogP contribution in [0.3, 0.4) is 0 Å². The Bertz CT molecular complexity index is 621. The van der Waals surface area contributed by atoms with Gasteiger partial charge in [0, 0.05) is 26.2 Å². The van der Waals surface area contributed by atoms with Crippen LogP contribution in [0.4, 0.5) is 0 Å². The fraction of sp³-hybridized carbons (Fsp3) is 0.111. The molecule has 0 saturated carbocycles. The first-order valence-corrected chi connectivity index (χ1v) is 6.37. The van der Waals surface area contributed by atoms with E-state index in [1.54, 1.807) is 0 Å². The van der Waals surface area contributed by atoms with Crippen molar-refractivity contribution in [3.8, 4) is 11.1 Å². The molecule has 1 aliphatic carbocycles. The first kappa shape index (κ1) is 14.2. The van der Waals surface area contributed by atoms with E-state index in [0.717, 1.165) is 6.42 Å². The van der Waals surface area contributed by atoms with Crippen LogP contribution in [-0.4, -0.2) is 0 Å². The summed E-state index contributed by atoms with van der Waals surface area (Å²) in [4.78, 5) is 0. The average Bonchev–Trinajstić information content (AvgIpc) is 2.86. The maximum Gasteiger partial charge on any atom is 0 e. The number of allylic oxidation sites excluding steroid dienone is 4. The third kappa shape index (κ3) is 2.87. The summed E-state index contributed by atoms with van der Waals surface area (Å²) in [6.45, 7) is 2.20. The Kier molecular flexibility index (Phi) is 4.72. The predicted molar refractivity (Wildman–Crippen MR) is 78.2 cm³/mol. The molecule has 0 amide bonds. The Morgan fingerprint density at radius 2 is 1.42 bits per heavy atom. The molecule has 0 spiro atoms. The molecule has 0 heterocycles. The van der Waals surface area contributed by atoms with Crippen LogP contribution in [0.25, 0.3) is 16.7 Å². The van der Waals surface area contributed by atoms with Crippen molar-refractivity contribution in [3.63, 3.8) is 0 Å². The van der Waals surface area contributed by atoms with Crippen molar-refractivity contribution >= 4 is 5.57 Å². The zero-order valence-electron chi connectivity index (χ0n) is 11.1. The summed E-state index contributed by atoms with van der Waals surface area (Å²) in [7, 11) is 0. The van der Waals surface area contributed by atoms with Gasteiger partial charge in [0.2, 0.25) is 0 Å². The van der Waals surface area contributed by atoms with Gasteiger partial charge >= 0.3 is 0 Å². The Hall–Kier alpha value is -1.20. The summed E-state index contributed by atoms with van der Waals surface area (Å²) in [5, 5.41) is 0. The van der Waals surface area contributed by atoms with Gasteiger partial charge in [-0.25, -0.2) is 0 Å². The van der Waals surface area contributed by atoms with Crippen molar-refractivity contribution in [3.05, 3.63) is 77.9 Å². The Labute approximate surface area is 134 Å².